The molecule has 2 aliphatic rings. The van der Waals surface area contributed by atoms with Gasteiger partial charge in [0.25, 0.3) is 0 Å². The van der Waals surface area contributed by atoms with Gasteiger partial charge in [0.2, 0.25) is 0 Å². The molecule has 1 aromatic heterocycles. The molecule has 0 amide bonds. The largest absolute Gasteiger partial charge is 0.497 e. The second kappa shape index (κ2) is 9.07. The van der Waals surface area contributed by atoms with Gasteiger partial charge in [0.05, 0.1) is 7.11 Å². The van der Waals surface area contributed by atoms with Crippen molar-refractivity contribution in [1.29, 1.82) is 0 Å². The monoisotopic (exact) mass is 409 g/mol. The van der Waals surface area contributed by atoms with E-state index in [9.17, 15) is 9.59 Å². The molecule has 1 heterocycles. The molecule has 5 heteroatoms. The van der Waals surface area contributed by atoms with E-state index >= 15 is 0 Å². The molecule has 1 aromatic carbocycles. The number of ether oxygens (including phenoxy) is 2. The molecule has 0 aliphatic heterocycles. The fraction of sp³-hybridized carbons (Fsp3) is 0.520. The Kier molecular flexibility index (Phi) is 6.26. The maximum Gasteiger partial charge on any atom is 0.355 e. The Labute approximate surface area is 178 Å². The van der Waals surface area contributed by atoms with Crippen molar-refractivity contribution in [2.24, 2.45) is 0 Å². The first-order valence-electron chi connectivity index (χ1n) is 11.2. The van der Waals surface area contributed by atoms with Gasteiger partial charge in [-0.15, -0.1) is 0 Å². The van der Waals surface area contributed by atoms with Gasteiger partial charge in [0.15, 0.2) is 5.78 Å². The molecule has 0 spiro atoms. The molecule has 0 saturated heterocycles. The first-order valence-corrected chi connectivity index (χ1v) is 11.2. The standard InChI is InChI=1S/C25H31NO4/c1-16-23-21(14-18(15-22(23)27)17-10-12-19(29-2)13-11-17)26-24(16)25(28)30-20-8-6-4-3-5-7-9-20/h10-13,18,20,26H,3-9,14-15H2,1-2H3. The van der Waals surface area contributed by atoms with E-state index in [-0.39, 0.29) is 23.8 Å². The van der Waals surface area contributed by atoms with Crippen LogP contribution in [0.15, 0.2) is 24.3 Å². The minimum Gasteiger partial charge on any atom is -0.497 e. The van der Waals surface area contributed by atoms with Gasteiger partial charge in [-0.1, -0.05) is 31.4 Å². The van der Waals surface area contributed by atoms with Crippen molar-refractivity contribution >= 4 is 11.8 Å². The van der Waals surface area contributed by atoms with E-state index in [1.165, 1.54) is 19.3 Å². The third kappa shape index (κ3) is 4.30. The van der Waals surface area contributed by atoms with Crippen LogP contribution < -0.4 is 4.74 Å². The third-order valence-corrected chi connectivity index (χ3v) is 6.61. The van der Waals surface area contributed by atoms with Crippen LogP contribution in [0.2, 0.25) is 0 Å². The summed E-state index contributed by atoms with van der Waals surface area (Å²) in [6.07, 6.45) is 8.95. The Morgan fingerprint density at radius 1 is 1.00 bits per heavy atom. The molecule has 1 N–H and O–H groups in total. The van der Waals surface area contributed by atoms with Gasteiger partial charge in [-0.25, -0.2) is 4.79 Å². The van der Waals surface area contributed by atoms with Crippen LogP contribution in [-0.2, 0) is 11.2 Å². The van der Waals surface area contributed by atoms with E-state index in [4.69, 9.17) is 9.47 Å². The number of carbonyl (C=O) groups excluding carboxylic acids is 2. The minimum atomic E-state index is -0.318. The summed E-state index contributed by atoms with van der Waals surface area (Å²) in [6, 6.07) is 7.88. The average Bonchev–Trinajstić information content (AvgIpc) is 3.07. The summed E-state index contributed by atoms with van der Waals surface area (Å²) in [5.41, 5.74) is 3.84. The fourth-order valence-electron chi connectivity index (χ4n) is 4.90. The number of ketones is 1. The highest BCUT2D eigenvalue weighted by Gasteiger charge is 2.32. The van der Waals surface area contributed by atoms with Crippen LogP contribution in [-0.4, -0.2) is 30.0 Å². The summed E-state index contributed by atoms with van der Waals surface area (Å²) in [5, 5.41) is 0. The number of H-pyrrole nitrogens is 1. The first kappa shape index (κ1) is 20.7. The maximum absolute atomic E-state index is 12.9. The lowest BCUT2D eigenvalue weighted by Gasteiger charge is -2.22. The topological polar surface area (TPSA) is 68.4 Å². The smallest absolute Gasteiger partial charge is 0.355 e. The van der Waals surface area contributed by atoms with Crippen LogP contribution in [0.4, 0.5) is 0 Å². The number of rotatable bonds is 4. The van der Waals surface area contributed by atoms with Crippen LogP contribution in [0.3, 0.4) is 0 Å². The Balaban J connectivity index is 1.51. The normalized spacial score (nSPS) is 20.2. The van der Waals surface area contributed by atoms with Crippen LogP contribution in [0.25, 0.3) is 0 Å². The number of methoxy groups -OCH3 is 1. The third-order valence-electron chi connectivity index (χ3n) is 6.61. The summed E-state index contributed by atoms with van der Waals surface area (Å²) < 4.78 is 11.1. The van der Waals surface area contributed by atoms with Crippen molar-refractivity contribution in [3.63, 3.8) is 0 Å². The SMILES string of the molecule is COc1ccc(C2CC(=O)c3c([nH]c(C(=O)OC4CCCCCCC4)c3C)C2)cc1. The van der Waals surface area contributed by atoms with Gasteiger partial charge in [0.1, 0.15) is 17.5 Å². The second-order valence-corrected chi connectivity index (χ2v) is 8.65. The first-order chi connectivity index (χ1) is 14.6. The molecule has 0 bridgehead atoms. The van der Waals surface area contributed by atoms with Gasteiger partial charge in [-0.05, 0) is 68.2 Å². The van der Waals surface area contributed by atoms with Gasteiger partial charge >= 0.3 is 5.97 Å². The quantitative estimate of drug-likeness (QED) is 0.676. The highest BCUT2D eigenvalue weighted by atomic mass is 16.5. The zero-order chi connectivity index (χ0) is 21.1. The van der Waals surface area contributed by atoms with E-state index in [0.29, 0.717) is 24.1 Å². The summed E-state index contributed by atoms with van der Waals surface area (Å²) in [5.74, 6) is 0.678. The molecule has 1 unspecified atom stereocenters. The lowest BCUT2D eigenvalue weighted by atomic mass is 9.81. The summed E-state index contributed by atoms with van der Waals surface area (Å²) in [6.45, 7) is 1.86. The Morgan fingerprint density at radius 2 is 1.67 bits per heavy atom. The van der Waals surface area contributed by atoms with Gasteiger partial charge in [-0.3, -0.25) is 4.79 Å². The molecule has 2 aliphatic carbocycles. The van der Waals surface area contributed by atoms with Crippen LogP contribution >= 0.6 is 0 Å². The number of esters is 1. The molecule has 4 rings (SSSR count). The van der Waals surface area contributed by atoms with Crippen molar-refractivity contribution < 1.29 is 19.1 Å². The van der Waals surface area contributed by atoms with Crippen molar-refractivity contribution in [1.82, 2.24) is 4.98 Å². The van der Waals surface area contributed by atoms with Crippen molar-refractivity contribution in [2.45, 2.75) is 76.7 Å². The molecular weight excluding hydrogens is 378 g/mol. The number of benzene rings is 1. The number of nitrogens with one attached hydrogen (secondary N) is 1. The zero-order valence-electron chi connectivity index (χ0n) is 18.0. The Morgan fingerprint density at radius 3 is 2.33 bits per heavy atom. The lowest BCUT2D eigenvalue weighted by Crippen LogP contribution is -2.20. The molecule has 30 heavy (non-hydrogen) atoms. The van der Waals surface area contributed by atoms with Crippen LogP contribution in [0.1, 0.15) is 95.0 Å². The lowest BCUT2D eigenvalue weighted by molar-refractivity contribution is 0.0232. The van der Waals surface area contributed by atoms with E-state index in [1.54, 1.807) is 7.11 Å². The van der Waals surface area contributed by atoms with Crippen LogP contribution in [0, 0.1) is 6.92 Å². The number of hydrogen-bond donors (Lipinski definition) is 1. The molecule has 2 aromatic rings. The highest BCUT2D eigenvalue weighted by Crippen LogP contribution is 2.36. The molecule has 1 atom stereocenters. The number of aromatic amines is 1. The zero-order valence-corrected chi connectivity index (χ0v) is 18.0. The molecular formula is C25H31NO4. The Bertz CT molecular complexity index is 904. The minimum absolute atomic E-state index is 0.0136. The predicted octanol–water partition coefficient (Wildman–Crippen LogP) is 5.51. The molecule has 0 radical (unpaired) electrons. The summed E-state index contributed by atoms with van der Waals surface area (Å²) in [4.78, 5) is 29.1. The number of Topliss-reactive ketones (excluding diaryl/α,β-unsaturated/α-hetero) is 1. The number of carbonyl (C=O) groups is 2. The summed E-state index contributed by atoms with van der Waals surface area (Å²) in [7, 11) is 1.64. The van der Waals surface area contributed by atoms with E-state index < -0.39 is 0 Å². The molecule has 160 valence electrons. The van der Waals surface area contributed by atoms with Gasteiger partial charge in [0, 0.05) is 17.7 Å². The number of aromatic nitrogens is 1. The van der Waals surface area contributed by atoms with E-state index in [1.807, 2.05) is 31.2 Å². The Hall–Kier alpha value is -2.56. The molecule has 5 nitrogen and oxygen atoms in total. The van der Waals surface area contributed by atoms with E-state index in [0.717, 1.165) is 48.3 Å². The number of hydrogen-bond acceptors (Lipinski definition) is 4. The molecule has 1 saturated carbocycles. The predicted molar refractivity (Wildman–Crippen MR) is 115 cm³/mol. The van der Waals surface area contributed by atoms with Crippen molar-refractivity contribution in [2.75, 3.05) is 7.11 Å². The van der Waals surface area contributed by atoms with Crippen molar-refractivity contribution in [3.8, 4) is 5.75 Å². The molecule has 1 fully saturated rings. The highest BCUT2D eigenvalue weighted by molar-refractivity contribution is 6.03. The fourth-order valence-corrected chi connectivity index (χ4v) is 4.90. The average molecular weight is 410 g/mol. The summed E-state index contributed by atoms with van der Waals surface area (Å²) >= 11 is 0. The van der Waals surface area contributed by atoms with E-state index in [2.05, 4.69) is 4.98 Å². The van der Waals surface area contributed by atoms with Crippen molar-refractivity contribution in [3.05, 3.63) is 52.3 Å². The van der Waals surface area contributed by atoms with Crippen LogP contribution in [0.5, 0.6) is 5.75 Å². The second-order valence-electron chi connectivity index (χ2n) is 8.65. The number of fused-ring (bicyclic) bond motifs is 1. The van der Waals surface area contributed by atoms with Gasteiger partial charge in [-0.2, -0.15) is 0 Å². The van der Waals surface area contributed by atoms with Gasteiger partial charge < -0.3 is 14.5 Å². The maximum atomic E-state index is 12.9.